The second kappa shape index (κ2) is 8.55. The molecule has 5 heteroatoms. The molecule has 1 atom stereocenters. The Morgan fingerprint density at radius 2 is 2.15 bits per heavy atom. The lowest BCUT2D eigenvalue weighted by Gasteiger charge is -2.25. The van der Waals surface area contributed by atoms with Gasteiger partial charge < -0.3 is 19.7 Å². The second-order valence-corrected chi connectivity index (χ2v) is 4.69. The number of carbonyl (C=O) groups excluding carboxylic acids is 1. The first-order valence-electron chi connectivity index (χ1n) is 6.75. The van der Waals surface area contributed by atoms with E-state index in [0.717, 1.165) is 11.3 Å². The summed E-state index contributed by atoms with van der Waals surface area (Å²) in [6.07, 6.45) is 0. The summed E-state index contributed by atoms with van der Waals surface area (Å²) in [5.74, 6) is 0.607. The lowest BCUT2D eigenvalue weighted by Crippen LogP contribution is -2.34. The van der Waals surface area contributed by atoms with Crippen LogP contribution < -0.4 is 10.1 Å². The van der Waals surface area contributed by atoms with Crippen LogP contribution in [-0.4, -0.2) is 51.8 Å². The zero-order valence-corrected chi connectivity index (χ0v) is 12.7. The molecule has 112 valence electrons. The van der Waals surface area contributed by atoms with E-state index in [1.807, 2.05) is 32.3 Å². The largest absolute Gasteiger partial charge is 0.497 e. The minimum Gasteiger partial charge on any atom is -0.497 e. The molecule has 0 aromatic heterocycles. The van der Waals surface area contributed by atoms with Crippen molar-refractivity contribution in [1.29, 1.82) is 0 Å². The van der Waals surface area contributed by atoms with E-state index in [0.29, 0.717) is 13.2 Å². The number of methoxy groups -OCH3 is 1. The molecule has 0 fully saturated rings. The standard InChI is InChI=1S/C15H24N2O3/c1-5-20-15(18)11-16-10-14(17(2)3)12-7-6-8-13(9-12)19-4/h6-9,14,16H,5,10-11H2,1-4H3. The molecular weight excluding hydrogens is 256 g/mol. The Labute approximate surface area is 120 Å². The summed E-state index contributed by atoms with van der Waals surface area (Å²) in [7, 11) is 5.68. The molecule has 0 heterocycles. The highest BCUT2D eigenvalue weighted by Crippen LogP contribution is 2.21. The zero-order valence-electron chi connectivity index (χ0n) is 12.7. The van der Waals surface area contributed by atoms with Crippen LogP contribution in [0, 0.1) is 0 Å². The molecule has 1 unspecified atom stereocenters. The smallest absolute Gasteiger partial charge is 0.319 e. The first-order chi connectivity index (χ1) is 9.58. The molecule has 0 spiro atoms. The fourth-order valence-corrected chi connectivity index (χ4v) is 1.97. The molecule has 0 bridgehead atoms. The molecule has 0 aliphatic carbocycles. The van der Waals surface area contributed by atoms with E-state index < -0.39 is 0 Å². The van der Waals surface area contributed by atoms with Crippen LogP contribution in [-0.2, 0) is 9.53 Å². The van der Waals surface area contributed by atoms with Gasteiger partial charge in [0, 0.05) is 12.6 Å². The molecule has 0 amide bonds. The highest BCUT2D eigenvalue weighted by Gasteiger charge is 2.15. The van der Waals surface area contributed by atoms with Gasteiger partial charge in [0.05, 0.1) is 20.3 Å². The van der Waals surface area contributed by atoms with Gasteiger partial charge in [-0.05, 0) is 38.7 Å². The number of esters is 1. The van der Waals surface area contributed by atoms with Crippen LogP contribution in [0.3, 0.4) is 0 Å². The fourth-order valence-electron chi connectivity index (χ4n) is 1.97. The summed E-state index contributed by atoms with van der Waals surface area (Å²) in [4.78, 5) is 13.4. The van der Waals surface area contributed by atoms with Gasteiger partial charge in [-0.3, -0.25) is 4.79 Å². The Bertz CT molecular complexity index is 421. The third-order valence-electron chi connectivity index (χ3n) is 3.01. The summed E-state index contributed by atoms with van der Waals surface area (Å²) in [6.45, 7) is 3.10. The highest BCUT2D eigenvalue weighted by molar-refractivity contribution is 5.71. The Morgan fingerprint density at radius 3 is 2.75 bits per heavy atom. The van der Waals surface area contributed by atoms with E-state index in [4.69, 9.17) is 9.47 Å². The number of rotatable bonds is 8. The maximum Gasteiger partial charge on any atom is 0.319 e. The average molecular weight is 280 g/mol. The van der Waals surface area contributed by atoms with Crippen molar-refractivity contribution in [2.45, 2.75) is 13.0 Å². The number of hydrogen-bond donors (Lipinski definition) is 1. The SMILES string of the molecule is CCOC(=O)CNCC(c1cccc(OC)c1)N(C)C. The molecule has 1 rings (SSSR count). The molecule has 1 N–H and O–H groups in total. The van der Waals surface area contributed by atoms with Gasteiger partial charge >= 0.3 is 5.97 Å². The fraction of sp³-hybridized carbons (Fsp3) is 0.533. The molecule has 0 aliphatic rings. The zero-order chi connectivity index (χ0) is 15.0. The maximum absolute atomic E-state index is 11.3. The summed E-state index contributed by atoms with van der Waals surface area (Å²) in [6, 6.07) is 8.12. The summed E-state index contributed by atoms with van der Waals surface area (Å²) < 4.78 is 10.1. The van der Waals surface area contributed by atoms with E-state index in [1.165, 1.54) is 0 Å². The van der Waals surface area contributed by atoms with Crippen molar-refractivity contribution in [3.8, 4) is 5.75 Å². The maximum atomic E-state index is 11.3. The molecule has 1 aromatic rings. The minimum absolute atomic E-state index is 0.166. The van der Waals surface area contributed by atoms with E-state index >= 15 is 0 Å². The van der Waals surface area contributed by atoms with Crippen LogP contribution in [0.5, 0.6) is 5.75 Å². The van der Waals surface area contributed by atoms with Crippen molar-refractivity contribution in [1.82, 2.24) is 10.2 Å². The van der Waals surface area contributed by atoms with Crippen molar-refractivity contribution in [3.05, 3.63) is 29.8 Å². The Morgan fingerprint density at radius 1 is 1.40 bits per heavy atom. The molecule has 0 saturated carbocycles. The monoisotopic (exact) mass is 280 g/mol. The van der Waals surface area contributed by atoms with Gasteiger partial charge in [0.2, 0.25) is 0 Å². The number of carbonyl (C=O) groups is 1. The van der Waals surface area contributed by atoms with E-state index in [9.17, 15) is 4.79 Å². The third kappa shape index (κ3) is 5.19. The molecule has 20 heavy (non-hydrogen) atoms. The number of ether oxygens (including phenoxy) is 2. The van der Waals surface area contributed by atoms with Crippen LogP contribution in [0.25, 0.3) is 0 Å². The second-order valence-electron chi connectivity index (χ2n) is 4.69. The Hall–Kier alpha value is -1.59. The molecule has 0 radical (unpaired) electrons. The van der Waals surface area contributed by atoms with Crippen LogP contribution in [0.2, 0.25) is 0 Å². The average Bonchev–Trinajstić information content (AvgIpc) is 2.43. The first-order valence-corrected chi connectivity index (χ1v) is 6.75. The number of hydrogen-bond acceptors (Lipinski definition) is 5. The van der Waals surface area contributed by atoms with Crippen LogP contribution in [0.4, 0.5) is 0 Å². The van der Waals surface area contributed by atoms with Crippen molar-refractivity contribution >= 4 is 5.97 Å². The van der Waals surface area contributed by atoms with Crippen LogP contribution in [0.15, 0.2) is 24.3 Å². The highest BCUT2D eigenvalue weighted by atomic mass is 16.5. The van der Waals surface area contributed by atoms with Gasteiger partial charge in [0.25, 0.3) is 0 Å². The van der Waals surface area contributed by atoms with Gasteiger partial charge in [-0.15, -0.1) is 0 Å². The summed E-state index contributed by atoms with van der Waals surface area (Å²) in [5, 5.41) is 3.13. The van der Waals surface area contributed by atoms with Gasteiger partial charge in [-0.1, -0.05) is 12.1 Å². The lowest BCUT2D eigenvalue weighted by atomic mass is 10.1. The number of nitrogens with one attached hydrogen (secondary N) is 1. The quantitative estimate of drug-likeness (QED) is 0.730. The first kappa shape index (κ1) is 16.5. The van der Waals surface area contributed by atoms with Crippen LogP contribution in [0.1, 0.15) is 18.5 Å². The third-order valence-corrected chi connectivity index (χ3v) is 3.01. The van der Waals surface area contributed by atoms with Gasteiger partial charge in [0.1, 0.15) is 5.75 Å². The normalized spacial score (nSPS) is 12.2. The molecule has 5 nitrogen and oxygen atoms in total. The summed E-state index contributed by atoms with van der Waals surface area (Å²) >= 11 is 0. The summed E-state index contributed by atoms with van der Waals surface area (Å²) in [5.41, 5.74) is 1.14. The molecule has 0 aliphatic heterocycles. The number of likely N-dealkylation sites (N-methyl/N-ethyl adjacent to an activating group) is 1. The predicted octanol–water partition coefficient (Wildman–Crippen LogP) is 1.45. The topological polar surface area (TPSA) is 50.8 Å². The van der Waals surface area contributed by atoms with Crippen LogP contribution >= 0.6 is 0 Å². The molecule has 1 aromatic carbocycles. The molecular formula is C15H24N2O3. The van der Waals surface area contributed by atoms with E-state index in [2.05, 4.69) is 16.3 Å². The Kier molecular flexibility index (Phi) is 7.04. The van der Waals surface area contributed by atoms with Gasteiger partial charge in [-0.2, -0.15) is 0 Å². The van der Waals surface area contributed by atoms with Crippen molar-refractivity contribution in [3.63, 3.8) is 0 Å². The van der Waals surface area contributed by atoms with Crippen molar-refractivity contribution in [2.24, 2.45) is 0 Å². The number of nitrogens with zero attached hydrogens (tertiary/aromatic N) is 1. The van der Waals surface area contributed by atoms with E-state index in [-0.39, 0.29) is 18.6 Å². The van der Waals surface area contributed by atoms with Crippen molar-refractivity contribution < 1.29 is 14.3 Å². The molecule has 0 saturated heterocycles. The van der Waals surface area contributed by atoms with Gasteiger partial charge in [-0.25, -0.2) is 0 Å². The van der Waals surface area contributed by atoms with Crippen molar-refractivity contribution in [2.75, 3.05) is 40.9 Å². The lowest BCUT2D eigenvalue weighted by molar-refractivity contribution is -0.142. The van der Waals surface area contributed by atoms with Gasteiger partial charge in [0.15, 0.2) is 0 Å². The number of benzene rings is 1. The van der Waals surface area contributed by atoms with E-state index in [1.54, 1.807) is 14.0 Å². The Balaban J connectivity index is 2.62. The minimum atomic E-state index is -0.226. The predicted molar refractivity (Wildman–Crippen MR) is 78.9 cm³/mol.